The number of nitrogens with one attached hydrogen (secondary N) is 1. The van der Waals surface area contributed by atoms with E-state index in [-0.39, 0.29) is 17.2 Å². The monoisotopic (exact) mass is 311 g/mol. The molecule has 5 heteroatoms. The number of aryl methyl sites for hydroxylation is 2. The Hall–Kier alpha value is -2.82. The fourth-order valence-corrected chi connectivity index (χ4v) is 2.40. The lowest BCUT2D eigenvalue weighted by Crippen LogP contribution is -2.30. The van der Waals surface area contributed by atoms with Crippen molar-refractivity contribution in [2.24, 2.45) is 0 Å². The smallest absolute Gasteiger partial charge is 0.338 e. The van der Waals surface area contributed by atoms with Crippen LogP contribution >= 0.6 is 0 Å². The van der Waals surface area contributed by atoms with Gasteiger partial charge in [-0.3, -0.25) is 4.79 Å². The molecule has 5 nitrogen and oxygen atoms in total. The number of phenolic OH excluding ortho intramolecular Hbond substituents is 1. The molecule has 0 radical (unpaired) electrons. The zero-order valence-electron chi connectivity index (χ0n) is 12.7. The predicted molar refractivity (Wildman–Crippen MR) is 85.5 cm³/mol. The third kappa shape index (κ3) is 3.34. The number of amides is 1. The van der Waals surface area contributed by atoms with Crippen LogP contribution in [0.15, 0.2) is 42.5 Å². The summed E-state index contributed by atoms with van der Waals surface area (Å²) in [5.74, 6) is -0.922. The summed E-state index contributed by atoms with van der Waals surface area (Å²) in [4.78, 5) is 24.1. The molecule has 1 unspecified atom stereocenters. The Morgan fingerprint density at radius 1 is 1.09 bits per heavy atom. The maximum atomic E-state index is 12.1. The molecule has 0 saturated carbocycles. The Kier molecular flexibility index (Phi) is 4.02. The molecule has 1 aliphatic carbocycles. The standard InChI is InChI=1S/C18H17NO4/c1-11(23-18(22)13-5-8-16(20)9-6-13)17(21)19-15-7-4-12-2-3-14(12)10-15/h4-11,20H,2-3H2,1H3,(H,19,21). The maximum Gasteiger partial charge on any atom is 0.338 e. The number of benzene rings is 2. The van der Waals surface area contributed by atoms with Gasteiger partial charge in [-0.25, -0.2) is 4.79 Å². The van der Waals surface area contributed by atoms with E-state index < -0.39 is 12.1 Å². The third-order valence-electron chi connectivity index (χ3n) is 3.89. The van der Waals surface area contributed by atoms with Crippen LogP contribution in [0.5, 0.6) is 5.75 Å². The van der Waals surface area contributed by atoms with Gasteiger partial charge in [0.25, 0.3) is 5.91 Å². The molecule has 0 bridgehead atoms. The normalized spacial score (nSPS) is 13.4. The molecular formula is C18H17NO4. The largest absolute Gasteiger partial charge is 0.508 e. The third-order valence-corrected chi connectivity index (χ3v) is 3.89. The highest BCUT2D eigenvalue weighted by Crippen LogP contribution is 2.25. The molecule has 2 aromatic carbocycles. The summed E-state index contributed by atoms with van der Waals surface area (Å²) in [5, 5.41) is 12.0. The first kappa shape index (κ1) is 15.1. The van der Waals surface area contributed by atoms with Gasteiger partial charge < -0.3 is 15.2 Å². The minimum Gasteiger partial charge on any atom is -0.508 e. The summed E-state index contributed by atoms with van der Waals surface area (Å²) in [6, 6.07) is 11.5. The number of hydrogen-bond donors (Lipinski definition) is 2. The topological polar surface area (TPSA) is 75.6 Å². The van der Waals surface area contributed by atoms with E-state index in [4.69, 9.17) is 4.74 Å². The molecule has 3 rings (SSSR count). The number of hydrogen-bond acceptors (Lipinski definition) is 4. The fourth-order valence-electron chi connectivity index (χ4n) is 2.40. The molecule has 0 aliphatic heterocycles. The molecular weight excluding hydrogens is 294 g/mol. The van der Waals surface area contributed by atoms with Crippen LogP contribution < -0.4 is 5.32 Å². The van der Waals surface area contributed by atoms with Gasteiger partial charge in [-0.1, -0.05) is 6.07 Å². The molecule has 0 saturated heterocycles. The van der Waals surface area contributed by atoms with E-state index in [1.807, 2.05) is 18.2 Å². The molecule has 23 heavy (non-hydrogen) atoms. The van der Waals surface area contributed by atoms with Gasteiger partial charge in [0.15, 0.2) is 6.10 Å². The Bertz CT molecular complexity index is 752. The first-order valence-corrected chi connectivity index (χ1v) is 7.45. The lowest BCUT2D eigenvalue weighted by atomic mass is 9.88. The van der Waals surface area contributed by atoms with Gasteiger partial charge in [-0.2, -0.15) is 0 Å². The van der Waals surface area contributed by atoms with E-state index in [2.05, 4.69) is 5.32 Å². The Morgan fingerprint density at radius 2 is 1.78 bits per heavy atom. The van der Waals surface area contributed by atoms with Crippen molar-refractivity contribution >= 4 is 17.6 Å². The number of fused-ring (bicyclic) bond motifs is 1. The number of ether oxygens (including phenoxy) is 1. The van der Waals surface area contributed by atoms with Crippen LogP contribution in [-0.4, -0.2) is 23.1 Å². The number of phenols is 1. The SMILES string of the molecule is CC(OC(=O)c1ccc(O)cc1)C(=O)Nc1ccc2c(c1)CC2. The maximum absolute atomic E-state index is 12.1. The van der Waals surface area contributed by atoms with Crippen molar-refractivity contribution in [2.45, 2.75) is 25.9 Å². The average Bonchev–Trinajstić information content (AvgIpc) is 2.50. The predicted octanol–water partition coefficient (Wildman–Crippen LogP) is 2.67. The van der Waals surface area contributed by atoms with E-state index in [1.165, 1.54) is 42.3 Å². The molecule has 1 amide bonds. The summed E-state index contributed by atoms with van der Waals surface area (Å²) in [5.41, 5.74) is 3.55. The van der Waals surface area contributed by atoms with Gasteiger partial charge in [0.2, 0.25) is 0 Å². The number of aromatic hydroxyl groups is 1. The fraction of sp³-hybridized carbons (Fsp3) is 0.222. The Labute approximate surface area is 133 Å². The second-order valence-corrected chi connectivity index (χ2v) is 5.57. The van der Waals surface area contributed by atoms with Crippen LogP contribution in [0.2, 0.25) is 0 Å². The molecule has 118 valence electrons. The molecule has 0 aromatic heterocycles. The first-order valence-electron chi connectivity index (χ1n) is 7.45. The second kappa shape index (κ2) is 6.12. The summed E-state index contributed by atoms with van der Waals surface area (Å²) < 4.78 is 5.15. The molecule has 1 atom stereocenters. The van der Waals surface area contributed by atoms with Gasteiger partial charge in [-0.05, 0) is 67.3 Å². The van der Waals surface area contributed by atoms with Crippen LogP contribution in [-0.2, 0) is 22.4 Å². The number of esters is 1. The van der Waals surface area contributed by atoms with Crippen molar-refractivity contribution in [3.05, 3.63) is 59.2 Å². The number of anilines is 1. The minimum atomic E-state index is -0.914. The van der Waals surface area contributed by atoms with E-state index in [1.54, 1.807) is 0 Å². The van der Waals surface area contributed by atoms with Crippen molar-refractivity contribution in [2.75, 3.05) is 5.32 Å². The zero-order chi connectivity index (χ0) is 16.4. The van der Waals surface area contributed by atoms with Crippen LogP contribution in [0.4, 0.5) is 5.69 Å². The molecule has 2 N–H and O–H groups in total. The van der Waals surface area contributed by atoms with Crippen molar-refractivity contribution in [1.82, 2.24) is 0 Å². The van der Waals surface area contributed by atoms with Crippen LogP contribution in [0.3, 0.4) is 0 Å². The van der Waals surface area contributed by atoms with Gasteiger partial charge in [0, 0.05) is 5.69 Å². The molecule has 2 aromatic rings. The highest BCUT2D eigenvalue weighted by molar-refractivity contribution is 5.97. The van der Waals surface area contributed by atoms with E-state index >= 15 is 0 Å². The van der Waals surface area contributed by atoms with Crippen molar-refractivity contribution in [3.63, 3.8) is 0 Å². The lowest BCUT2D eigenvalue weighted by Gasteiger charge is -2.20. The number of carbonyl (C=O) groups is 2. The Balaban J connectivity index is 1.59. The second-order valence-electron chi connectivity index (χ2n) is 5.57. The minimum absolute atomic E-state index is 0.0630. The van der Waals surface area contributed by atoms with Gasteiger partial charge in [0.1, 0.15) is 5.75 Å². The molecule has 1 aliphatic rings. The first-order chi connectivity index (χ1) is 11.0. The molecule has 0 spiro atoms. The van der Waals surface area contributed by atoms with Crippen molar-refractivity contribution < 1.29 is 19.4 Å². The van der Waals surface area contributed by atoms with Crippen LogP contribution in [0, 0.1) is 0 Å². The number of rotatable bonds is 4. The van der Waals surface area contributed by atoms with E-state index in [0.29, 0.717) is 5.69 Å². The molecule has 0 fully saturated rings. The highest BCUT2D eigenvalue weighted by Gasteiger charge is 2.20. The van der Waals surface area contributed by atoms with Gasteiger partial charge in [-0.15, -0.1) is 0 Å². The van der Waals surface area contributed by atoms with E-state index in [0.717, 1.165) is 12.8 Å². The van der Waals surface area contributed by atoms with Gasteiger partial charge >= 0.3 is 5.97 Å². The lowest BCUT2D eigenvalue weighted by molar-refractivity contribution is -0.123. The Morgan fingerprint density at radius 3 is 2.39 bits per heavy atom. The average molecular weight is 311 g/mol. The van der Waals surface area contributed by atoms with Crippen LogP contribution in [0.25, 0.3) is 0 Å². The summed E-state index contributed by atoms with van der Waals surface area (Å²) in [7, 11) is 0. The molecule has 0 heterocycles. The summed E-state index contributed by atoms with van der Waals surface area (Å²) >= 11 is 0. The van der Waals surface area contributed by atoms with Crippen molar-refractivity contribution in [3.8, 4) is 5.75 Å². The summed E-state index contributed by atoms with van der Waals surface area (Å²) in [6.45, 7) is 1.52. The van der Waals surface area contributed by atoms with Crippen molar-refractivity contribution in [1.29, 1.82) is 0 Å². The van der Waals surface area contributed by atoms with Gasteiger partial charge in [0.05, 0.1) is 5.56 Å². The summed E-state index contributed by atoms with van der Waals surface area (Å²) in [6.07, 6.45) is 1.21. The van der Waals surface area contributed by atoms with Crippen LogP contribution in [0.1, 0.15) is 28.4 Å². The number of carbonyl (C=O) groups excluding carboxylic acids is 2. The highest BCUT2D eigenvalue weighted by atomic mass is 16.5. The quantitative estimate of drug-likeness (QED) is 0.851. The van der Waals surface area contributed by atoms with E-state index in [9.17, 15) is 14.7 Å². The zero-order valence-corrected chi connectivity index (χ0v) is 12.7.